The van der Waals surface area contributed by atoms with Crippen molar-refractivity contribution in [1.82, 2.24) is 5.32 Å². The van der Waals surface area contributed by atoms with Crippen molar-refractivity contribution in [2.75, 3.05) is 29.9 Å². The van der Waals surface area contributed by atoms with Crippen LogP contribution >= 0.6 is 0 Å². The number of carbonyl (C=O) groups excluding carboxylic acids is 2. The number of nitrogens with one attached hydrogen (secondary N) is 2. The molecule has 5 heteroatoms. The van der Waals surface area contributed by atoms with Crippen LogP contribution < -0.4 is 15.5 Å². The molecule has 2 N–H and O–H groups in total. The molecule has 124 valence electrons. The summed E-state index contributed by atoms with van der Waals surface area (Å²) < 4.78 is 0. The van der Waals surface area contributed by atoms with Crippen LogP contribution in [0.3, 0.4) is 0 Å². The lowest BCUT2D eigenvalue weighted by atomic mass is 10.0. The topological polar surface area (TPSA) is 61.4 Å². The number of carbonyl (C=O) groups is 2. The van der Waals surface area contributed by atoms with E-state index in [2.05, 4.69) is 15.5 Å². The Labute approximate surface area is 137 Å². The average Bonchev–Trinajstić information content (AvgIpc) is 3.21. The fourth-order valence-electron chi connectivity index (χ4n) is 3.07. The van der Waals surface area contributed by atoms with E-state index in [9.17, 15) is 9.59 Å². The van der Waals surface area contributed by atoms with Crippen LogP contribution in [-0.2, 0) is 9.59 Å². The fourth-order valence-corrected chi connectivity index (χ4v) is 3.07. The second kappa shape index (κ2) is 6.60. The van der Waals surface area contributed by atoms with Gasteiger partial charge in [0, 0.05) is 31.0 Å². The summed E-state index contributed by atoms with van der Waals surface area (Å²) in [6.45, 7) is 4.83. The third-order valence-corrected chi connectivity index (χ3v) is 4.75. The predicted molar refractivity (Wildman–Crippen MR) is 91.5 cm³/mol. The molecule has 1 saturated heterocycles. The maximum Gasteiger partial charge on any atom is 0.240 e. The standard InChI is InChI=1S/C18H25N3O2/c1-2-11-19-16(22)18(9-10-18)17(23)20-14-5-7-15(8-6-14)21-12-3-4-13-21/h5-8H,2-4,9-13H2,1H3,(H,19,22)(H,20,23). The summed E-state index contributed by atoms with van der Waals surface area (Å²) >= 11 is 0. The van der Waals surface area contributed by atoms with Gasteiger partial charge >= 0.3 is 0 Å². The summed E-state index contributed by atoms with van der Waals surface area (Å²) in [6, 6.07) is 7.92. The molecule has 2 amide bonds. The van der Waals surface area contributed by atoms with Crippen LogP contribution in [0.1, 0.15) is 39.0 Å². The van der Waals surface area contributed by atoms with Gasteiger partial charge in [-0.05, 0) is 56.4 Å². The zero-order chi connectivity index (χ0) is 16.3. The van der Waals surface area contributed by atoms with Gasteiger partial charge in [-0.15, -0.1) is 0 Å². The van der Waals surface area contributed by atoms with E-state index < -0.39 is 5.41 Å². The molecule has 1 aliphatic heterocycles. The first kappa shape index (κ1) is 15.8. The number of nitrogens with zero attached hydrogens (tertiary/aromatic N) is 1. The highest BCUT2D eigenvalue weighted by atomic mass is 16.2. The molecule has 5 nitrogen and oxygen atoms in total. The van der Waals surface area contributed by atoms with Crippen LogP contribution in [0.15, 0.2) is 24.3 Å². The van der Waals surface area contributed by atoms with E-state index in [-0.39, 0.29) is 11.8 Å². The summed E-state index contributed by atoms with van der Waals surface area (Å²) in [7, 11) is 0. The van der Waals surface area contributed by atoms with E-state index in [1.54, 1.807) is 0 Å². The highest BCUT2D eigenvalue weighted by Crippen LogP contribution is 2.46. The molecule has 0 unspecified atom stereocenters. The molecule has 2 aliphatic rings. The van der Waals surface area contributed by atoms with Crippen LogP contribution in [0.25, 0.3) is 0 Å². The Kier molecular flexibility index (Phi) is 4.55. The molecular formula is C18H25N3O2. The molecule has 1 heterocycles. The molecule has 23 heavy (non-hydrogen) atoms. The average molecular weight is 315 g/mol. The Morgan fingerprint density at radius 1 is 1.09 bits per heavy atom. The molecule has 1 aliphatic carbocycles. The van der Waals surface area contributed by atoms with Gasteiger partial charge in [0.1, 0.15) is 5.41 Å². The van der Waals surface area contributed by atoms with Gasteiger partial charge in [-0.25, -0.2) is 0 Å². The smallest absolute Gasteiger partial charge is 0.240 e. The van der Waals surface area contributed by atoms with E-state index in [1.807, 2.05) is 31.2 Å². The molecule has 0 aromatic heterocycles. The number of hydrogen-bond acceptors (Lipinski definition) is 3. The lowest BCUT2D eigenvalue weighted by Gasteiger charge is -2.18. The molecule has 1 aromatic rings. The van der Waals surface area contributed by atoms with Crippen molar-refractivity contribution in [3.05, 3.63) is 24.3 Å². The van der Waals surface area contributed by atoms with E-state index in [0.717, 1.165) is 25.2 Å². The fraction of sp³-hybridized carbons (Fsp3) is 0.556. The second-order valence-corrected chi connectivity index (χ2v) is 6.53. The first-order valence-electron chi connectivity index (χ1n) is 8.60. The van der Waals surface area contributed by atoms with Crippen molar-refractivity contribution in [3.63, 3.8) is 0 Å². The van der Waals surface area contributed by atoms with Crippen LogP contribution in [0.2, 0.25) is 0 Å². The monoisotopic (exact) mass is 315 g/mol. The molecule has 1 saturated carbocycles. The minimum Gasteiger partial charge on any atom is -0.372 e. The quantitative estimate of drug-likeness (QED) is 0.793. The van der Waals surface area contributed by atoms with Gasteiger partial charge in [0.25, 0.3) is 0 Å². The second-order valence-electron chi connectivity index (χ2n) is 6.53. The Morgan fingerprint density at radius 3 is 2.30 bits per heavy atom. The lowest BCUT2D eigenvalue weighted by Crippen LogP contribution is -2.40. The maximum absolute atomic E-state index is 12.5. The molecule has 0 radical (unpaired) electrons. The van der Waals surface area contributed by atoms with Gasteiger partial charge in [0.15, 0.2) is 0 Å². The number of rotatable bonds is 6. The van der Waals surface area contributed by atoms with Crippen molar-refractivity contribution < 1.29 is 9.59 Å². The van der Waals surface area contributed by atoms with Gasteiger partial charge in [0.05, 0.1) is 0 Å². The van der Waals surface area contributed by atoms with E-state index in [4.69, 9.17) is 0 Å². The van der Waals surface area contributed by atoms with E-state index in [0.29, 0.717) is 19.4 Å². The Balaban J connectivity index is 1.60. The van der Waals surface area contributed by atoms with Crippen molar-refractivity contribution in [2.24, 2.45) is 5.41 Å². The highest BCUT2D eigenvalue weighted by Gasteiger charge is 2.56. The van der Waals surface area contributed by atoms with Crippen LogP contribution in [0, 0.1) is 5.41 Å². The molecule has 3 rings (SSSR count). The van der Waals surface area contributed by atoms with Crippen LogP contribution in [0.5, 0.6) is 0 Å². The Morgan fingerprint density at radius 2 is 1.74 bits per heavy atom. The lowest BCUT2D eigenvalue weighted by molar-refractivity contribution is -0.134. The molecule has 2 fully saturated rings. The van der Waals surface area contributed by atoms with E-state index in [1.165, 1.54) is 18.5 Å². The van der Waals surface area contributed by atoms with E-state index >= 15 is 0 Å². The summed E-state index contributed by atoms with van der Waals surface area (Å²) in [5.74, 6) is -0.314. The first-order valence-corrected chi connectivity index (χ1v) is 8.60. The summed E-state index contributed by atoms with van der Waals surface area (Å²) in [5.41, 5.74) is 1.11. The van der Waals surface area contributed by atoms with Gasteiger partial charge in [-0.3, -0.25) is 9.59 Å². The van der Waals surface area contributed by atoms with Crippen molar-refractivity contribution in [3.8, 4) is 0 Å². The Bertz CT molecular complexity index is 572. The Hall–Kier alpha value is -2.04. The first-order chi connectivity index (χ1) is 11.2. The summed E-state index contributed by atoms with van der Waals surface area (Å²) in [5, 5.41) is 5.74. The van der Waals surface area contributed by atoms with Crippen molar-refractivity contribution in [2.45, 2.75) is 39.0 Å². The van der Waals surface area contributed by atoms with Crippen LogP contribution in [0.4, 0.5) is 11.4 Å². The number of benzene rings is 1. The number of hydrogen-bond donors (Lipinski definition) is 2. The maximum atomic E-state index is 12.5. The minimum absolute atomic E-state index is 0.134. The largest absolute Gasteiger partial charge is 0.372 e. The molecule has 0 atom stereocenters. The summed E-state index contributed by atoms with van der Waals surface area (Å²) in [4.78, 5) is 27.0. The van der Waals surface area contributed by atoms with Gasteiger partial charge in [-0.2, -0.15) is 0 Å². The molecule has 0 bridgehead atoms. The third-order valence-electron chi connectivity index (χ3n) is 4.75. The number of amides is 2. The zero-order valence-electron chi connectivity index (χ0n) is 13.7. The molecular weight excluding hydrogens is 290 g/mol. The normalized spacial score (nSPS) is 18.6. The van der Waals surface area contributed by atoms with Crippen molar-refractivity contribution in [1.29, 1.82) is 0 Å². The third kappa shape index (κ3) is 3.33. The zero-order valence-corrected chi connectivity index (χ0v) is 13.7. The van der Waals surface area contributed by atoms with Crippen LogP contribution in [-0.4, -0.2) is 31.4 Å². The molecule has 1 aromatic carbocycles. The van der Waals surface area contributed by atoms with Gasteiger partial charge in [0.2, 0.25) is 11.8 Å². The van der Waals surface area contributed by atoms with Crippen molar-refractivity contribution >= 4 is 23.2 Å². The summed E-state index contributed by atoms with van der Waals surface area (Å²) in [6.07, 6.45) is 4.64. The molecule has 0 spiro atoms. The highest BCUT2D eigenvalue weighted by molar-refractivity contribution is 6.13. The number of anilines is 2. The SMILES string of the molecule is CCCNC(=O)C1(C(=O)Nc2ccc(N3CCCC3)cc2)CC1. The van der Waals surface area contributed by atoms with Gasteiger partial charge in [-0.1, -0.05) is 6.92 Å². The van der Waals surface area contributed by atoms with Gasteiger partial charge < -0.3 is 15.5 Å². The predicted octanol–water partition coefficient (Wildman–Crippen LogP) is 2.53. The minimum atomic E-state index is -0.844.